The minimum Gasteiger partial charge on any atom is -0.338 e. The zero-order valence-electron chi connectivity index (χ0n) is 11.9. The molecule has 0 spiro atoms. The maximum Gasteiger partial charge on any atom is 0.243 e. The van der Waals surface area contributed by atoms with Gasteiger partial charge in [0.1, 0.15) is 0 Å². The van der Waals surface area contributed by atoms with Gasteiger partial charge in [-0.2, -0.15) is 4.98 Å². The average molecular weight is 261 g/mol. The van der Waals surface area contributed by atoms with Crippen LogP contribution in [-0.2, 0) is 0 Å². The minimum atomic E-state index is 0.302. The van der Waals surface area contributed by atoms with Crippen LogP contribution in [0.3, 0.4) is 0 Å². The Balaban J connectivity index is 1.48. The highest BCUT2D eigenvalue weighted by molar-refractivity contribution is 5.15. The van der Waals surface area contributed by atoms with Crippen LogP contribution in [0.5, 0.6) is 0 Å². The molecule has 1 aromatic heterocycles. The van der Waals surface area contributed by atoms with E-state index in [4.69, 9.17) is 4.52 Å². The zero-order valence-corrected chi connectivity index (χ0v) is 11.9. The van der Waals surface area contributed by atoms with Gasteiger partial charge < -0.3 is 9.84 Å². The smallest absolute Gasteiger partial charge is 0.243 e. The van der Waals surface area contributed by atoms with Crippen molar-refractivity contribution in [1.82, 2.24) is 15.5 Å². The first-order valence-corrected chi connectivity index (χ1v) is 7.73. The molecule has 1 aliphatic heterocycles. The van der Waals surface area contributed by atoms with Crippen molar-refractivity contribution in [1.29, 1.82) is 0 Å². The molecule has 104 valence electrons. The molecule has 3 fully saturated rings. The van der Waals surface area contributed by atoms with Crippen LogP contribution in [0.4, 0.5) is 0 Å². The fourth-order valence-corrected chi connectivity index (χ4v) is 3.95. The monoisotopic (exact) mass is 261 g/mol. The number of aromatic nitrogens is 2. The van der Waals surface area contributed by atoms with Gasteiger partial charge in [-0.15, -0.1) is 0 Å². The molecule has 1 aromatic rings. The number of fused-ring (bicyclic) bond motifs is 1. The fourth-order valence-electron chi connectivity index (χ4n) is 3.95. The van der Waals surface area contributed by atoms with E-state index in [0.29, 0.717) is 23.4 Å². The van der Waals surface area contributed by atoms with E-state index in [-0.39, 0.29) is 0 Å². The van der Waals surface area contributed by atoms with Gasteiger partial charge in [-0.05, 0) is 37.0 Å². The van der Waals surface area contributed by atoms with Gasteiger partial charge in [-0.25, -0.2) is 0 Å². The zero-order chi connectivity index (χ0) is 13.0. The molecule has 4 nitrogen and oxygen atoms in total. The van der Waals surface area contributed by atoms with Crippen molar-refractivity contribution in [3.8, 4) is 0 Å². The van der Waals surface area contributed by atoms with Crippen molar-refractivity contribution in [2.45, 2.75) is 70.4 Å². The summed E-state index contributed by atoms with van der Waals surface area (Å²) in [6.45, 7) is 4.55. The van der Waals surface area contributed by atoms with Crippen LogP contribution in [0.1, 0.15) is 76.0 Å². The summed E-state index contributed by atoms with van der Waals surface area (Å²) in [5.74, 6) is 3.09. The Hall–Kier alpha value is -0.900. The Morgan fingerprint density at radius 1 is 1.26 bits per heavy atom. The molecule has 3 aliphatic rings. The fraction of sp³-hybridized carbons (Fsp3) is 0.867. The Labute approximate surface area is 114 Å². The molecule has 1 saturated heterocycles. The minimum absolute atomic E-state index is 0.302. The van der Waals surface area contributed by atoms with E-state index in [1.54, 1.807) is 0 Å². The molecule has 0 radical (unpaired) electrons. The lowest BCUT2D eigenvalue weighted by atomic mass is 9.85. The SMILES string of the molecule is CC1(C)CC1c1noc(C2CC3CCCCC3N2)n1. The van der Waals surface area contributed by atoms with Gasteiger partial charge in [0.25, 0.3) is 0 Å². The molecule has 0 amide bonds. The lowest BCUT2D eigenvalue weighted by Gasteiger charge is -2.24. The largest absolute Gasteiger partial charge is 0.338 e. The molecule has 4 unspecified atom stereocenters. The van der Waals surface area contributed by atoms with E-state index in [1.807, 2.05) is 0 Å². The Bertz CT molecular complexity index is 467. The predicted octanol–water partition coefficient (Wildman–Crippen LogP) is 3.18. The van der Waals surface area contributed by atoms with Crippen molar-refractivity contribution in [2.24, 2.45) is 11.3 Å². The van der Waals surface area contributed by atoms with Gasteiger partial charge in [0.05, 0.1) is 6.04 Å². The molecule has 19 heavy (non-hydrogen) atoms. The van der Waals surface area contributed by atoms with Crippen molar-refractivity contribution in [3.63, 3.8) is 0 Å². The topological polar surface area (TPSA) is 51.0 Å². The van der Waals surface area contributed by atoms with Crippen LogP contribution >= 0.6 is 0 Å². The van der Waals surface area contributed by atoms with Gasteiger partial charge >= 0.3 is 0 Å². The molecular formula is C15H23N3O. The van der Waals surface area contributed by atoms with Gasteiger partial charge in [0.2, 0.25) is 5.89 Å². The predicted molar refractivity (Wildman–Crippen MR) is 71.7 cm³/mol. The lowest BCUT2D eigenvalue weighted by molar-refractivity contribution is 0.324. The maximum absolute atomic E-state index is 5.53. The van der Waals surface area contributed by atoms with Gasteiger partial charge in [-0.1, -0.05) is 31.8 Å². The second-order valence-corrected chi connectivity index (χ2v) is 7.34. The molecule has 2 saturated carbocycles. The number of hydrogen-bond donors (Lipinski definition) is 1. The number of rotatable bonds is 2. The van der Waals surface area contributed by atoms with Gasteiger partial charge in [-0.3, -0.25) is 0 Å². The Kier molecular flexibility index (Phi) is 2.53. The molecule has 4 heteroatoms. The van der Waals surface area contributed by atoms with Crippen LogP contribution < -0.4 is 5.32 Å². The van der Waals surface area contributed by atoms with E-state index < -0.39 is 0 Å². The third-order valence-corrected chi connectivity index (χ3v) is 5.44. The van der Waals surface area contributed by atoms with Crippen molar-refractivity contribution >= 4 is 0 Å². The molecule has 1 N–H and O–H groups in total. The summed E-state index contributed by atoms with van der Waals surface area (Å²) >= 11 is 0. The summed E-state index contributed by atoms with van der Waals surface area (Å²) < 4.78 is 5.53. The highest BCUT2D eigenvalue weighted by Gasteiger charge is 2.50. The summed E-state index contributed by atoms with van der Waals surface area (Å²) in [6, 6.07) is 0.989. The van der Waals surface area contributed by atoms with Gasteiger partial charge in [0, 0.05) is 12.0 Å². The summed E-state index contributed by atoms with van der Waals surface area (Å²) in [7, 11) is 0. The summed E-state index contributed by atoms with van der Waals surface area (Å²) in [5, 5.41) is 7.92. The normalized spacial score (nSPS) is 40.1. The van der Waals surface area contributed by atoms with Crippen LogP contribution in [0.2, 0.25) is 0 Å². The first kappa shape index (κ1) is 11.9. The lowest BCUT2D eigenvalue weighted by Crippen LogP contribution is -2.30. The van der Waals surface area contributed by atoms with E-state index >= 15 is 0 Å². The van der Waals surface area contributed by atoms with E-state index in [9.17, 15) is 0 Å². The molecule has 4 atom stereocenters. The molecule has 2 heterocycles. The van der Waals surface area contributed by atoms with Crippen molar-refractivity contribution < 1.29 is 4.52 Å². The average Bonchev–Trinajstić information content (AvgIpc) is 2.85. The maximum atomic E-state index is 5.53. The van der Waals surface area contributed by atoms with Crippen LogP contribution in [0, 0.1) is 11.3 Å². The first-order chi connectivity index (χ1) is 9.13. The highest BCUT2D eigenvalue weighted by atomic mass is 16.5. The van der Waals surface area contributed by atoms with Gasteiger partial charge in [0.15, 0.2) is 5.82 Å². The summed E-state index contributed by atoms with van der Waals surface area (Å²) in [4.78, 5) is 4.67. The quantitative estimate of drug-likeness (QED) is 0.888. The van der Waals surface area contributed by atoms with E-state index in [2.05, 4.69) is 29.3 Å². The molecule has 0 bridgehead atoms. The molecule has 2 aliphatic carbocycles. The third-order valence-electron chi connectivity index (χ3n) is 5.44. The van der Waals surface area contributed by atoms with Crippen LogP contribution in [0.25, 0.3) is 0 Å². The Morgan fingerprint density at radius 2 is 2.05 bits per heavy atom. The van der Waals surface area contributed by atoms with E-state index in [1.165, 1.54) is 38.5 Å². The number of nitrogens with zero attached hydrogens (tertiary/aromatic N) is 2. The molecule has 4 rings (SSSR count). The second-order valence-electron chi connectivity index (χ2n) is 7.34. The third kappa shape index (κ3) is 2.00. The van der Waals surface area contributed by atoms with Crippen LogP contribution in [0.15, 0.2) is 4.52 Å². The standard InChI is InChI=1S/C15H23N3O/c1-15(2)8-10(15)13-17-14(19-18-13)12-7-9-5-3-4-6-11(9)16-12/h9-12,16H,3-8H2,1-2H3. The summed E-state index contributed by atoms with van der Waals surface area (Å²) in [6.07, 6.45) is 7.81. The number of hydrogen-bond acceptors (Lipinski definition) is 4. The highest BCUT2D eigenvalue weighted by Crippen LogP contribution is 2.57. The van der Waals surface area contributed by atoms with Crippen molar-refractivity contribution in [2.75, 3.05) is 0 Å². The van der Waals surface area contributed by atoms with E-state index in [0.717, 1.165) is 17.6 Å². The molecule has 0 aromatic carbocycles. The first-order valence-electron chi connectivity index (χ1n) is 7.73. The molecular weight excluding hydrogens is 238 g/mol. The Morgan fingerprint density at radius 3 is 2.79 bits per heavy atom. The van der Waals surface area contributed by atoms with Crippen molar-refractivity contribution in [3.05, 3.63) is 11.7 Å². The second kappa shape index (κ2) is 4.05. The van der Waals surface area contributed by atoms with Crippen LogP contribution in [-0.4, -0.2) is 16.2 Å². The summed E-state index contributed by atoms with van der Waals surface area (Å²) in [5.41, 5.74) is 0.373. The number of nitrogens with one attached hydrogen (secondary N) is 1.